The summed E-state index contributed by atoms with van der Waals surface area (Å²) in [6, 6.07) is 5.45. The summed E-state index contributed by atoms with van der Waals surface area (Å²) in [5.41, 5.74) is 9.35. The number of hydrogen-bond acceptors (Lipinski definition) is 4. The molecule has 0 aromatic carbocycles. The first-order valence-corrected chi connectivity index (χ1v) is 8.43. The van der Waals surface area contributed by atoms with E-state index in [0.717, 1.165) is 18.5 Å². The van der Waals surface area contributed by atoms with Crippen molar-refractivity contribution in [2.75, 3.05) is 0 Å². The van der Waals surface area contributed by atoms with Crippen molar-refractivity contribution in [2.24, 2.45) is 11.8 Å². The van der Waals surface area contributed by atoms with Crippen molar-refractivity contribution in [3.63, 3.8) is 0 Å². The summed E-state index contributed by atoms with van der Waals surface area (Å²) in [6.07, 6.45) is 7.02. The summed E-state index contributed by atoms with van der Waals surface area (Å²) >= 11 is 0. The molecule has 0 spiro atoms. The second-order valence-electron chi connectivity index (χ2n) is 7.06. The number of aryl methyl sites for hydroxylation is 1. The Morgan fingerprint density at radius 1 is 1.23 bits per heavy atom. The van der Waals surface area contributed by atoms with Gasteiger partial charge in [0.05, 0.1) is 6.04 Å². The van der Waals surface area contributed by atoms with Crippen molar-refractivity contribution < 1.29 is 4.79 Å². The molecule has 3 N–H and O–H groups in total. The average molecular weight is 300 g/mol. The zero-order valence-corrected chi connectivity index (χ0v) is 13.0. The fraction of sp³-hybridized carbons (Fsp3) is 0.647. The third kappa shape index (κ3) is 2.52. The molecule has 1 amide bonds. The van der Waals surface area contributed by atoms with E-state index in [1.807, 2.05) is 13.1 Å². The highest BCUT2D eigenvalue weighted by atomic mass is 16.1. The lowest BCUT2D eigenvalue weighted by atomic mass is 9.71. The number of carbonyl (C=O) groups excluding carboxylic acids is 1. The lowest BCUT2D eigenvalue weighted by Gasteiger charge is -2.38. The molecule has 1 aromatic rings. The topological polar surface area (TPSA) is 66.0 Å². The van der Waals surface area contributed by atoms with Crippen LogP contribution in [-0.2, 0) is 4.79 Å². The van der Waals surface area contributed by atoms with Gasteiger partial charge in [-0.2, -0.15) is 0 Å². The van der Waals surface area contributed by atoms with Gasteiger partial charge in [-0.25, -0.2) is 5.43 Å². The molecule has 1 aromatic heterocycles. The van der Waals surface area contributed by atoms with Gasteiger partial charge >= 0.3 is 0 Å². The number of nitrogens with zero attached hydrogens (tertiary/aromatic N) is 1. The lowest BCUT2D eigenvalue weighted by molar-refractivity contribution is -0.121. The second-order valence-corrected chi connectivity index (χ2v) is 7.06. The van der Waals surface area contributed by atoms with Crippen LogP contribution >= 0.6 is 0 Å². The number of nitrogens with one attached hydrogen (secondary N) is 3. The minimum atomic E-state index is 0.234. The van der Waals surface area contributed by atoms with Gasteiger partial charge in [-0.3, -0.25) is 15.2 Å². The molecule has 3 heterocycles. The number of aromatic nitrogens is 1. The maximum atomic E-state index is 11.8. The molecule has 4 rings (SSSR count). The zero-order valence-electron chi connectivity index (χ0n) is 13.0. The molecule has 22 heavy (non-hydrogen) atoms. The Morgan fingerprint density at radius 3 is 3.00 bits per heavy atom. The van der Waals surface area contributed by atoms with E-state index >= 15 is 0 Å². The molecule has 0 radical (unpaired) electrons. The predicted octanol–water partition coefficient (Wildman–Crippen LogP) is 1.60. The van der Waals surface area contributed by atoms with E-state index in [1.54, 1.807) is 0 Å². The largest absolute Gasteiger partial charge is 0.353 e. The SMILES string of the molecule is Cc1cc(C2NNC3CC4NC(=O)CCCC4CC32)ccn1. The highest BCUT2D eigenvalue weighted by molar-refractivity contribution is 5.76. The van der Waals surface area contributed by atoms with Gasteiger partial charge in [0.15, 0.2) is 0 Å². The Kier molecular flexibility index (Phi) is 3.62. The zero-order chi connectivity index (χ0) is 15.1. The molecule has 5 atom stereocenters. The molecule has 3 fully saturated rings. The van der Waals surface area contributed by atoms with Crippen LogP contribution in [0.5, 0.6) is 0 Å². The number of amides is 1. The summed E-state index contributed by atoms with van der Waals surface area (Å²) < 4.78 is 0. The minimum Gasteiger partial charge on any atom is -0.353 e. The Morgan fingerprint density at radius 2 is 2.14 bits per heavy atom. The molecule has 118 valence electrons. The number of rotatable bonds is 1. The van der Waals surface area contributed by atoms with Gasteiger partial charge in [0.25, 0.3) is 0 Å². The molecule has 1 saturated carbocycles. The van der Waals surface area contributed by atoms with Gasteiger partial charge < -0.3 is 5.32 Å². The van der Waals surface area contributed by atoms with E-state index in [1.165, 1.54) is 18.4 Å². The molecule has 3 aliphatic rings. The van der Waals surface area contributed by atoms with Gasteiger partial charge in [-0.15, -0.1) is 0 Å². The van der Waals surface area contributed by atoms with Crippen LogP contribution in [0.15, 0.2) is 18.3 Å². The lowest BCUT2D eigenvalue weighted by Crippen LogP contribution is -2.49. The summed E-state index contributed by atoms with van der Waals surface area (Å²) in [6.45, 7) is 2.04. The fourth-order valence-corrected chi connectivity index (χ4v) is 4.55. The molecule has 5 unspecified atom stereocenters. The standard InChI is InChI=1S/C17H24N4O/c1-10-7-12(5-6-18-10)17-13-8-11-3-2-4-16(22)19-14(11)9-15(13)20-21-17/h5-7,11,13-15,17,20-21H,2-4,8-9H2,1H3,(H,19,22). The summed E-state index contributed by atoms with van der Waals surface area (Å²) in [7, 11) is 0. The Labute approximate surface area is 131 Å². The predicted molar refractivity (Wildman–Crippen MR) is 83.8 cm³/mol. The van der Waals surface area contributed by atoms with Gasteiger partial charge in [0.1, 0.15) is 0 Å². The first kappa shape index (κ1) is 14.2. The van der Waals surface area contributed by atoms with Crippen LogP contribution < -0.4 is 16.2 Å². The van der Waals surface area contributed by atoms with Crippen LogP contribution in [0.3, 0.4) is 0 Å². The quantitative estimate of drug-likeness (QED) is 0.737. The first-order chi connectivity index (χ1) is 10.7. The molecule has 5 heteroatoms. The number of fused-ring (bicyclic) bond motifs is 2. The van der Waals surface area contributed by atoms with Gasteiger partial charge in [-0.1, -0.05) is 0 Å². The van der Waals surface area contributed by atoms with Crippen LogP contribution in [0.4, 0.5) is 0 Å². The van der Waals surface area contributed by atoms with Crippen molar-refractivity contribution >= 4 is 5.91 Å². The van der Waals surface area contributed by atoms with E-state index in [2.05, 4.69) is 33.3 Å². The van der Waals surface area contributed by atoms with Crippen molar-refractivity contribution in [2.45, 2.75) is 57.2 Å². The number of hydrazine groups is 1. The summed E-state index contributed by atoms with van der Waals surface area (Å²) in [5, 5.41) is 3.24. The van der Waals surface area contributed by atoms with Crippen LogP contribution in [-0.4, -0.2) is 23.0 Å². The van der Waals surface area contributed by atoms with Crippen LogP contribution in [0, 0.1) is 18.8 Å². The highest BCUT2D eigenvalue weighted by Gasteiger charge is 2.45. The average Bonchev–Trinajstić information content (AvgIpc) is 2.80. The van der Waals surface area contributed by atoms with Crippen molar-refractivity contribution in [3.05, 3.63) is 29.6 Å². The summed E-state index contributed by atoms with van der Waals surface area (Å²) in [4.78, 5) is 16.1. The maximum absolute atomic E-state index is 11.8. The van der Waals surface area contributed by atoms with Crippen LogP contribution in [0.2, 0.25) is 0 Å². The number of hydrogen-bond donors (Lipinski definition) is 3. The smallest absolute Gasteiger partial charge is 0.220 e. The van der Waals surface area contributed by atoms with Gasteiger partial charge in [0, 0.05) is 30.4 Å². The van der Waals surface area contributed by atoms with E-state index in [9.17, 15) is 4.79 Å². The summed E-state index contributed by atoms with van der Waals surface area (Å²) in [5.74, 6) is 1.45. The fourth-order valence-electron chi connectivity index (χ4n) is 4.55. The van der Waals surface area contributed by atoms with Gasteiger partial charge in [-0.05, 0) is 62.1 Å². The first-order valence-electron chi connectivity index (χ1n) is 8.43. The van der Waals surface area contributed by atoms with E-state index in [-0.39, 0.29) is 5.91 Å². The highest BCUT2D eigenvalue weighted by Crippen LogP contribution is 2.42. The van der Waals surface area contributed by atoms with Crippen LogP contribution in [0.1, 0.15) is 49.4 Å². The molecular formula is C17H24N4O. The van der Waals surface area contributed by atoms with E-state index in [0.29, 0.717) is 36.4 Å². The molecule has 1 aliphatic carbocycles. The van der Waals surface area contributed by atoms with E-state index < -0.39 is 0 Å². The van der Waals surface area contributed by atoms with Crippen molar-refractivity contribution in [1.82, 2.24) is 21.2 Å². The van der Waals surface area contributed by atoms with Crippen molar-refractivity contribution in [1.29, 1.82) is 0 Å². The Hall–Kier alpha value is -1.46. The molecule has 2 aliphatic heterocycles. The molecular weight excluding hydrogens is 276 g/mol. The monoisotopic (exact) mass is 300 g/mol. The third-order valence-corrected chi connectivity index (χ3v) is 5.63. The molecule has 0 bridgehead atoms. The van der Waals surface area contributed by atoms with Gasteiger partial charge in [0.2, 0.25) is 5.91 Å². The Balaban J connectivity index is 1.55. The Bertz CT molecular complexity index is 576. The molecule has 5 nitrogen and oxygen atoms in total. The minimum absolute atomic E-state index is 0.234. The van der Waals surface area contributed by atoms with Crippen LogP contribution in [0.25, 0.3) is 0 Å². The molecule has 2 saturated heterocycles. The third-order valence-electron chi connectivity index (χ3n) is 5.63. The second kappa shape index (κ2) is 5.63. The number of pyridine rings is 1. The number of carbonyl (C=O) groups is 1. The van der Waals surface area contributed by atoms with Crippen molar-refractivity contribution in [3.8, 4) is 0 Å². The van der Waals surface area contributed by atoms with E-state index in [4.69, 9.17) is 0 Å². The normalized spacial score (nSPS) is 37.9. The maximum Gasteiger partial charge on any atom is 0.220 e.